The van der Waals surface area contributed by atoms with Gasteiger partial charge in [-0.2, -0.15) is 0 Å². The smallest absolute Gasteiger partial charge is 0.150 e. The van der Waals surface area contributed by atoms with E-state index in [0.717, 1.165) is 0 Å². The Balaban J connectivity index is 2.48. The zero-order valence-corrected chi connectivity index (χ0v) is 11.5. The first-order valence-corrected chi connectivity index (χ1v) is 6.49. The van der Waals surface area contributed by atoms with Gasteiger partial charge in [-0.05, 0) is 24.3 Å². The van der Waals surface area contributed by atoms with Crippen LogP contribution in [0.4, 0.5) is 8.78 Å². The van der Waals surface area contributed by atoms with Crippen LogP contribution in [0.5, 0.6) is 0 Å². The minimum Gasteiger partial charge on any atom is -0.298 e. The highest BCUT2D eigenvalue weighted by Crippen LogP contribution is 2.18. The number of hydrogen-bond donors (Lipinski definition) is 0. The molecule has 0 amide bonds. The number of carbonyl (C=O) groups excluding carboxylic acids is 2. The summed E-state index contributed by atoms with van der Waals surface area (Å²) in [6.45, 7) is 0. The van der Waals surface area contributed by atoms with Crippen molar-refractivity contribution in [2.75, 3.05) is 0 Å². The highest BCUT2D eigenvalue weighted by molar-refractivity contribution is 6.02. The van der Waals surface area contributed by atoms with E-state index in [4.69, 9.17) is 0 Å². The molecular weight excluding hydrogens is 286 g/mol. The van der Waals surface area contributed by atoms with Crippen LogP contribution in [0.15, 0.2) is 59.7 Å². The molecule has 0 aliphatic heterocycles. The molecule has 0 saturated carbocycles. The van der Waals surface area contributed by atoms with Crippen LogP contribution >= 0.6 is 0 Å². The van der Waals surface area contributed by atoms with E-state index in [1.165, 1.54) is 48.6 Å². The Morgan fingerprint density at radius 1 is 0.682 bits per heavy atom. The number of carbonyl (C=O) groups is 2. The molecule has 0 atom stereocenters. The second-order valence-corrected chi connectivity index (χ2v) is 4.48. The molecule has 0 fully saturated rings. The molecule has 2 aromatic rings. The normalized spacial score (nSPS) is 12.1. The van der Waals surface area contributed by atoms with Crippen molar-refractivity contribution in [2.24, 2.45) is 0 Å². The SMILES string of the molecule is O=CC(=C\c1ccccc1F)/C(C=O)=C/c1ccccc1F. The lowest BCUT2D eigenvalue weighted by Crippen LogP contribution is -1.95. The van der Waals surface area contributed by atoms with Gasteiger partial charge in [0.25, 0.3) is 0 Å². The van der Waals surface area contributed by atoms with Gasteiger partial charge in [-0.1, -0.05) is 36.4 Å². The van der Waals surface area contributed by atoms with E-state index in [-0.39, 0.29) is 22.3 Å². The molecule has 0 saturated heterocycles. The molecule has 0 aliphatic rings. The van der Waals surface area contributed by atoms with Crippen molar-refractivity contribution < 1.29 is 18.4 Å². The largest absolute Gasteiger partial charge is 0.298 e. The van der Waals surface area contributed by atoms with Gasteiger partial charge < -0.3 is 0 Å². The van der Waals surface area contributed by atoms with Gasteiger partial charge in [0.2, 0.25) is 0 Å². The van der Waals surface area contributed by atoms with Crippen LogP contribution < -0.4 is 0 Å². The number of halogens is 2. The Morgan fingerprint density at radius 2 is 1.05 bits per heavy atom. The van der Waals surface area contributed by atoms with E-state index >= 15 is 0 Å². The number of benzene rings is 2. The topological polar surface area (TPSA) is 34.1 Å². The molecule has 2 nitrogen and oxygen atoms in total. The van der Waals surface area contributed by atoms with Gasteiger partial charge in [0.15, 0.2) is 12.6 Å². The molecular formula is C18H12F2O2. The fraction of sp³-hybridized carbons (Fsp3) is 0. The molecule has 0 radical (unpaired) electrons. The van der Waals surface area contributed by atoms with E-state index in [1.807, 2.05) is 0 Å². The van der Waals surface area contributed by atoms with Crippen LogP contribution in [0.3, 0.4) is 0 Å². The second kappa shape index (κ2) is 7.22. The van der Waals surface area contributed by atoms with E-state index in [1.54, 1.807) is 12.1 Å². The third-order valence-electron chi connectivity index (χ3n) is 3.02. The number of allylic oxidation sites excluding steroid dienone is 2. The van der Waals surface area contributed by atoms with Crippen molar-refractivity contribution in [3.05, 3.63) is 82.4 Å². The van der Waals surface area contributed by atoms with Crippen molar-refractivity contribution in [3.63, 3.8) is 0 Å². The Kier molecular flexibility index (Phi) is 5.09. The molecule has 0 N–H and O–H groups in total. The lowest BCUT2D eigenvalue weighted by Gasteiger charge is -2.02. The van der Waals surface area contributed by atoms with Crippen LogP contribution in [0.1, 0.15) is 11.1 Å². The monoisotopic (exact) mass is 298 g/mol. The standard InChI is InChI=1S/C18H12F2O2/c19-17-7-3-1-5-13(17)9-15(11-21)16(12-22)10-14-6-2-4-8-18(14)20/h1-12H/b15-9+,16-10+. The van der Waals surface area contributed by atoms with E-state index in [2.05, 4.69) is 0 Å². The predicted molar refractivity (Wildman–Crippen MR) is 80.9 cm³/mol. The van der Waals surface area contributed by atoms with Gasteiger partial charge in [-0.15, -0.1) is 0 Å². The van der Waals surface area contributed by atoms with Gasteiger partial charge in [0.05, 0.1) is 0 Å². The molecule has 110 valence electrons. The lowest BCUT2D eigenvalue weighted by atomic mass is 10.0. The highest BCUT2D eigenvalue weighted by Gasteiger charge is 2.07. The van der Waals surface area contributed by atoms with Crippen LogP contribution in [-0.2, 0) is 9.59 Å². The summed E-state index contributed by atoms with van der Waals surface area (Å²) in [5.41, 5.74) is 0.295. The first-order valence-electron chi connectivity index (χ1n) is 6.49. The molecule has 2 rings (SSSR count). The molecule has 2 aromatic carbocycles. The molecule has 0 spiro atoms. The minimum absolute atomic E-state index is 0.0247. The predicted octanol–water partition coefficient (Wildman–Crippen LogP) is 3.83. The Morgan fingerprint density at radius 3 is 1.36 bits per heavy atom. The van der Waals surface area contributed by atoms with Gasteiger partial charge in [0.1, 0.15) is 11.6 Å². The van der Waals surface area contributed by atoms with E-state index < -0.39 is 11.6 Å². The molecule has 4 heteroatoms. The summed E-state index contributed by atoms with van der Waals surface area (Å²) < 4.78 is 27.2. The molecule has 0 heterocycles. The molecule has 0 aromatic heterocycles. The van der Waals surface area contributed by atoms with Crippen LogP contribution in [0.2, 0.25) is 0 Å². The Hall–Kier alpha value is -2.88. The quantitative estimate of drug-likeness (QED) is 0.477. The minimum atomic E-state index is -0.516. The average Bonchev–Trinajstić information content (AvgIpc) is 2.54. The second-order valence-electron chi connectivity index (χ2n) is 4.48. The molecule has 0 bridgehead atoms. The Labute approximate surface area is 126 Å². The maximum absolute atomic E-state index is 13.6. The highest BCUT2D eigenvalue weighted by atomic mass is 19.1. The summed E-state index contributed by atoms with van der Waals surface area (Å²) in [6.07, 6.45) is 3.38. The van der Waals surface area contributed by atoms with Crippen molar-refractivity contribution in [1.29, 1.82) is 0 Å². The number of aldehydes is 2. The summed E-state index contributed by atoms with van der Waals surface area (Å²) >= 11 is 0. The van der Waals surface area contributed by atoms with Crippen molar-refractivity contribution in [1.82, 2.24) is 0 Å². The average molecular weight is 298 g/mol. The van der Waals surface area contributed by atoms with Gasteiger partial charge in [-0.25, -0.2) is 8.78 Å². The third kappa shape index (κ3) is 3.61. The third-order valence-corrected chi connectivity index (χ3v) is 3.02. The number of rotatable bonds is 5. The molecule has 0 aliphatic carbocycles. The zero-order chi connectivity index (χ0) is 15.9. The van der Waals surface area contributed by atoms with Crippen molar-refractivity contribution >= 4 is 24.7 Å². The van der Waals surface area contributed by atoms with Crippen LogP contribution in [0.25, 0.3) is 12.2 Å². The number of hydrogen-bond acceptors (Lipinski definition) is 2. The van der Waals surface area contributed by atoms with E-state index in [9.17, 15) is 18.4 Å². The van der Waals surface area contributed by atoms with Crippen molar-refractivity contribution in [2.45, 2.75) is 0 Å². The molecule has 0 unspecified atom stereocenters. The maximum Gasteiger partial charge on any atom is 0.150 e. The van der Waals surface area contributed by atoms with Crippen LogP contribution in [-0.4, -0.2) is 12.6 Å². The lowest BCUT2D eigenvalue weighted by molar-refractivity contribution is -0.107. The van der Waals surface area contributed by atoms with Crippen molar-refractivity contribution in [3.8, 4) is 0 Å². The first-order chi connectivity index (χ1) is 10.7. The fourth-order valence-corrected chi connectivity index (χ4v) is 1.89. The summed E-state index contributed by atoms with van der Waals surface area (Å²) in [5, 5.41) is 0. The van der Waals surface area contributed by atoms with Gasteiger partial charge >= 0.3 is 0 Å². The zero-order valence-electron chi connectivity index (χ0n) is 11.5. The summed E-state index contributed by atoms with van der Waals surface area (Å²) in [6, 6.07) is 11.7. The molecule has 22 heavy (non-hydrogen) atoms. The first kappa shape index (κ1) is 15.5. The Bertz CT molecular complexity index is 696. The fourth-order valence-electron chi connectivity index (χ4n) is 1.89. The summed E-state index contributed by atoms with van der Waals surface area (Å²) in [4.78, 5) is 22.4. The summed E-state index contributed by atoms with van der Waals surface area (Å²) in [7, 11) is 0. The summed E-state index contributed by atoms with van der Waals surface area (Å²) in [5.74, 6) is -1.03. The van der Waals surface area contributed by atoms with Crippen LogP contribution in [0, 0.1) is 11.6 Å². The maximum atomic E-state index is 13.6. The van der Waals surface area contributed by atoms with Gasteiger partial charge in [-0.3, -0.25) is 9.59 Å². The van der Waals surface area contributed by atoms with Gasteiger partial charge in [0, 0.05) is 22.3 Å². The van der Waals surface area contributed by atoms with E-state index in [0.29, 0.717) is 12.6 Å².